The highest BCUT2D eigenvalue weighted by Crippen LogP contribution is 2.25. The van der Waals surface area contributed by atoms with Crippen LogP contribution in [0.15, 0.2) is 11.4 Å². The quantitative estimate of drug-likeness (QED) is 0.829. The SMILES string of the molecule is O=C(NCC1CCCS1)c1csc(C#CCO)c1. The Morgan fingerprint density at radius 1 is 1.61 bits per heavy atom. The number of thiophene rings is 1. The van der Waals surface area contributed by atoms with Crippen molar-refractivity contribution in [1.82, 2.24) is 5.32 Å². The van der Waals surface area contributed by atoms with Gasteiger partial charge in [-0.25, -0.2) is 0 Å². The first-order valence-electron chi connectivity index (χ1n) is 5.87. The molecular weight excluding hydrogens is 266 g/mol. The molecule has 1 atom stereocenters. The van der Waals surface area contributed by atoms with E-state index in [1.54, 1.807) is 11.4 Å². The van der Waals surface area contributed by atoms with E-state index in [1.165, 1.54) is 29.9 Å². The van der Waals surface area contributed by atoms with Crippen LogP contribution >= 0.6 is 23.1 Å². The molecule has 0 aromatic carbocycles. The van der Waals surface area contributed by atoms with Gasteiger partial charge in [0.15, 0.2) is 0 Å². The van der Waals surface area contributed by atoms with Crippen LogP contribution in [0.4, 0.5) is 0 Å². The van der Waals surface area contributed by atoms with Crippen LogP contribution in [0.25, 0.3) is 0 Å². The van der Waals surface area contributed by atoms with Crippen LogP contribution in [0.3, 0.4) is 0 Å². The minimum atomic E-state index is -0.154. The second-order valence-electron chi connectivity index (χ2n) is 4.00. The van der Waals surface area contributed by atoms with E-state index < -0.39 is 0 Å². The van der Waals surface area contributed by atoms with E-state index in [1.807, 2.05) is 11.8 Å². The Kier molecular flexibility index (Phi) is 5.12. The molecule has 1 aliphatic rings. The fourth-order valence-electron chi connectivity index (χ4n) is 1.76. The Hall–Kier alpha value is -0.960. The highest BCUT2D eigenvalue weighted by atomic mass is 32.2. The van der Waals surface area contributed by atoms with E-state index in [0.717, 1.165) is 11.4 Å². The van der Waals surface area contributed by atoms with Crippen molar-refractivity contribution in [1.29, 1.82) is 0 Å². The molecule has 96 valence electrons. The van der Waals surface area contributed by atoms with Gasteiger partial charge in [0.1, 0.15) is 6.61 Å². The third-order valence-electron chi connectivity index (χ3n) is 2.67. The zero-order chi connectivity index (χ0) is 12.8. The van der Waals surface area contributed by atoms with E-state index in [4.69, 9.17) is 5.11 Å². The van der Waals surface area contributed by atoms with Crippen molar-refractivity contribution in [2.45, 2.75) is 18.1 Å². The number of nitrogens with one attached hydrogen (secondary N) is 1. The average molecular weight is 281 g/mol. The van der Waals surface area contributed by atoms with Crippen LogP contribution in [0.1, 0.15) is 28.1 Å². The molecule has 1 saturated heterocycles. The molecule has 2 rings (SSSR count). The Bertz CT molecular complexity index is 467. The van der Waals surface area contributed by atoms with Crippen molar-refractivity contribution < 1.29 is 9.90 Å². The number of aliphatic hydroxyl groups is 1. The van der Waals surface area contributed by atoms with Gasteiger partial charge in [0.2, 0.25) is 0 Å². The lowest BCUT2D eigenvalue weighted by molar-refractivity contribution is 0.0954. The summed E-state index contributed by atoms with van der Waals surface area (Å²) < 4.78 is 0. The molecule has 1 aromatic rings. The molecule has 2 N–H and O–H groups in total. The van der Waals surface area contributed by atoms with Gasteiger partial charge in [-0.05, 0) is 24.7 Å². The maximum Gasteiger partial charge on any atom is 0.252 e. The Morgan fingerprint density at radius 2 is 2.50 bits per heavy atom. The van der Waals surface area contributed by atoms with Crippen LogP contribution in [0.5, 0.6) is 0 Å². The van der Waals surface area contributed by atoms with Gasteiger partial charge in [-0.1, -0.05) is 11.8 Å². The average Bonchev–Trinajstić information content (AvgIpc) is 3.04. The first-order valence-corrected chi connectivity index (χ1v) is 7.80. The monoisotopic (exact) mass is 281 g/mol. The number of aliphatic hydroxyl groups excluding tert-OH is 1. The van der Waals surface area contributed by atoms with Crippen LogP contribution < -0.4 is 5.32 Å². The molecule has 1 amide bonds. The summed E-state index contributed by atoms with van der Waals surface area (Å²) in [6.45, 7) is 0.593. The van der Waals surface area contributed by atoms with Gasteiger partial charge in [0.05, 0.1) is 10.4 Å². The number of thioether (sulfide) groups is 1. The smallest absolute Gasteiger partial charge is 0.252 e. The predicted molar refractivity (Wildman–Crippen MR) is 76.1 cm³/mol. The highest BCUT2D eigenvalue weighted by molar-refractivity contribution is 8.00. The van der Waals surface area contributed by atoms with Gasteiger partial charge in [0.25, 0.3) is 5.91 Å². The lowest BCUT2D eigenvalue weighted by Gasteiger charge is -2.08. The van der Waals surface area contributed by atoms with Gasteiger partial charge < -0.3 is 10.4 Å². The zero-order valence-corrected chi connectivity index (χ0v) is 11.6. The molecule has 1 unspecified atom stereocenters. The Balaban J connectivity index is 1.86. The fraction of sp³-hybridized carbons (Fsp3) is 0.462. The van der Waals surface area contributed by atoms with E-state index in [2.05, 4.69) is 17.2 Å². The van der Waals surface area contributed by atoms with Crippen molar-refractivity contribution in [2.24, 2.45) is 0 Å². The molecule has 5 heteroatoms. The van der Waals surface area contributed by atoms with Crippen molar-refractivity contribution in [3.05, 3.63) is 21.9 Å². The second kappa shape index (κ2) is 6.83. The molecule has 0 bridgehead atoms. The van der Waals surface area contributed by atoms with Gasteiger partial charge in [-0.3, -0.25) is 4.79 Å². The Labute approximate surface area is 115 Å². The number of hydrogen-bond donors (Lipinski definition) is 2. The molecule has 1 fully saturated rings. The largest absolute Gasteiger partial charge is 0.384 e. The summed E-state index contributed by atoms with van der Waals surface area (Å²) in [6.07, 6.45) is 2.45. The maximum absolute atomic E-state index is 11.9. The minimum Gasteiger partial charge on any atom is -0.384 e. The maximum atomic E-state index is 11.9. The van der Waals surface area contributed by atoms with Gasteiger partial charge >= 0.3 is 0 Å². The number of rotatable bonds is 3. The lowest BCUT2D eigenvalue weighted by Crippen LogP contribution is -2.29. The summed E-state index contributed by atoms with van der Waals surface area (Å²) in [7, 11) is 0. The molecule has 2 heterocycles. The van der Waals surface area contributed by atoms with Crippen molar-refractivity contribution in [3.8, 4) is 11.8 Å². The second-order valence-corrected chi connectivity index (χ2v) is 6.32. The van der Waals surface area contributed by atoms with Crippen LogP contribution in [-0.4, -0.2) is 35.2 Å². The van der Waals surface area contributed by atoms with E-state index in [9.17, 15) is 4.79 Å². The number of carbonyl (C=O) groups is 1. The zero-order valence-electron chi connectivity index (χ0n) is 9.94. The highest BCUT2D eigenvalue weighted by Gasteiger charge is 2.17. The van der Waals surface area contributed by atoms with E-state index in [0.29, 0.717) is 10.8 Å². The van der Waals surface area contributed by atoms with Gasteiger partial charge in [0, 0.05) is 17.2 Å². The van der Waals surface area contributed by atoms with E-state index in [-0.39, 0.29) is 12.5 Å². The third-order valence-corrected chi connectivity index (χ3v) is 4.91. The normalized spacial score (nSPS) is 18.2. The molecule has 0 saturated carbocycles. The molecule has 18 heavy (non-hydrogen) atoms. The number of carbonyl (C=O) groups excluding carboxylic acids is 1. The van der Waals surface area contributed by atoms with Crippen LogP contribution in [-0.2, 0) is 0 Å². The summed E-state index contributed by atoms with van der Waals surface area (Å²) in [5.74, 6) is 6.55. The molecule has 0 spiro atoms. The lowest BCUT2D eigenvalue weighted by atomic mass is 10.2. The van der Waals surface area contributed by atoms with Crippen molar-refractivity contribution >= 4 is 29.0 Å². The summed E-state index contributed by atoms with van der Waals surface area (Å²) in [4.78, 5) is 12.7. The molecule has 1 aromatic heterocycles. The van der Waals surface area contributed by atoms with Crippen molar-refractivity contribution in [2.75, 3.05) is 18.9 Å². The topological polar surface area (TPSA) is 49.3 Å². The number of amides is 1. The minimum absolute atomic E-state index is 0.0317. The summed E-state index contributed by atoms with van der Waals surface area (Å²) in [5.41, 5.74) is 0.658. The summed E-state index contributed by atoms with van der Waals surface area (Å²) >= 11 is 3.36. The van der Waals surface area contributed by atoms with Gasteiger partial charge in [-0.2, -0.15) is 11.8 Å². The number of hydrogen-bond acceptors (Lipinski definition) is 4. The van der Waals surface area contributed by atoms with Gasteiger partial charge in [-0.15, -0.1) is 11.3 Å². The molecular formula is C13H15NO2S2. The molecule has 1 aliphatic heterocycles. The van der Waals surface area contributed by atoms with Crippen molar-refractivity contribution in [3.63, 3.8) is 0 Å². The Morgan fingerprint density at radius 3 is 3.22 bits per heavy atom. The summed E-state index contributed by atoms with van der Waals surface area (Å²) in [5, 5.41) is 13.9. The summed E-state index contributed by atoms with van der Waals surface area (Å²) in [6, 6.07) is 1.77. The third kappa shape index (κ3) is 3.77. The molecule has 0 aliphatic carbocycles. The molecule has 3 nitrogen and oxygen atoms in total. The first-order chi connectivity index (χ1) is 8.79. The standard InChI is InChI=1S/C13H15NO2S2/c15-5-1-3-11-7-10(9-18-11)13(16)14-8-12-4-2-6-17-12/h7,9,12,15H,2,4-6,8H2,(H,14,16). The fourth-order valence-corrected chi connectivity index (χ4v) is 3.72. The predicted octanol–water partition coefficient (Wildman–Crippen LogP) is 1.72. The van der Waals surface area contributed by atoms with E-state index >= 15 is 0 Å². The first kappa shape index (κ1) is 13.5. The van der Waals surface area contributed by atoms with Crippen LogP contribution in [0.2, 0.25) is 0 Å². The molecule has 0 radical (unpaired) electrons. The van der Waals surface area contributed by atoms with Crippen LogP contribution in [0, 0.1) is 11.8 Å².